The van der Waals surface area contributed by atoms with Gasteiger partial charge in [0.2, 0.25) is 0 Å². The molecule has 0 bridgehead atoms. The fraction of sp³-hybridized carbons (Fsp3) is 0. The second kappa shape index (κ2) is 3.18. The van der Waals surface area contributed by atoms with E-state index in [1.165, 1.54) is 6.07 Å². The van der Waals surface area contributed by atoms with Crippen molar-refractivity contribution in [3.63, 3.8) is 0 Å². The van der Waals surface area contributed by atoms with E-state index in [4.69, 9.17) is 10.5 Å². The third-order valence-electron chi connectivity index (χ3n) is 1.10. The van der Waals surface area contributed by atoms with Crippen molar-refractivity contribution in [2.45, 2.75) is 0 Å². The maximum Gasteiger partial charge on any atom is 0.101 e. The number of nitrogens with zero attached hydrogens (tertiary/aromatic N) is 2. The Kier molecular flexibility index (Phi) is 2.25. The van der Waals surface area contributed by atoms with Crippen LogP contribution in [0.5, 0.6) is 0 Å². The Hall–Kier alpha value is -1.32. The van der Waals surface area contributed by atoms with Gasteiger partial charge >= 0.3 is 0 Å². The lowest BCUT2D eigenvalue weighted by atomic mass is 10.1. The van der Waals surface area contributed by atoms with E-state index in [1.54, 1.807) is 0 Å². The molecule has 1 rings (SSSR count). The number of hydrogen-bond donors (Lipinski definition) is 0. The molecule has 0 amide bonds. The molecule has 0 spiro atoms. The van der Waals surface area contributed by atoms with Gasteiger partial charge in [-0.25, -0.2) is 0 Å². The van der Waals surface area contributed by atoms with Gasteiger partial charge in [-0.1, -0.05) is 0 Å². The Labute approximate surface area is 72.8 Å². The number of nitriles is 2. The highest BCUT2D eigenvalue weighted by Gasteiger charge is 2.03. The molecule has 2 radical (unpaired) electrons. The Morgan fingerprint density at radius 2 is 2.09 bits per heavy atom. The average Bonchev–Trinajstić information content (AvgIpc) is 2.05. The molecule has 0 atom stereocenters. The van der Waals surface area contributed by atoms with Crippen LogP contribution in [0.15, 0.2) is 10.5 Å². The molecule has 50 valence electrons. The molecule has 3 heteroatoms. The van der Waals surface area contributed by atoms with Crippen molar-refractivity contribution in [3.05, 3.63) is 33.8 Å². The first-order valence-corrected chi connectivity index (χ1v) is 3.51. The summed E-state index contributed by atoms with van der Waals surface area (Å²) in [6, 6.07) is 10.4. The Bertz CT molecular complexity index is 325. The predicted molar refractivity (Wildman–Crippen MR) is 41.2 cm³/mol. The Morgan fingerprint density at radius 1 is 1.36 bits per heavy atom. The lowest BCUT2D eigenvalue weighted by molar-refractivity contribution is 1.41. The van der Waals surface area contributed by atoms with Crippen LogP contribution in [0.2, 0.25) is 0 Å². The summed E-state index contributed by atoms with van der Waals surface area (Å²) in [5.74, 6) is 0. The van der Waals surface area contributed by atoms with E-state index < -0.39 is 0 Å². The minimum atomic E-state index is 0.309. The monoisotopic (exact) mass is 204 g/mol. The van der Waals surface area contributed by atoms with Crippen LogP contribution in [0.3, 0.4) is 0 Å². The van der Waals surface area contributed by atoms with E-state index in [-0.39, 0.29) is 0 Å². The maximum atomic E-state index is 8.52. The summed E-state index contributed by atoms with van der Waals surface area (Å²) in [5, 5.41) is 17.0. The summed E-state index contributed by atoms with van der Waals surface area (Å²) in [4.78, 5) is 0. The lowest BCUT2D eigenvalue weighted by Crippen LogP contribution is -1.82. The molecule has 1 aromatic carbocycles. The number of hydrogen-bond acceptors (Lipinski definition) is 2. The van der Waals surface area contributed by atoms with Gasteiger partial charge in [0.15, 0.2) is 0 Å². The van der Waals surface area contributed by atoms with E-state index in [9.17, 15) is 0 Å². The highest BCUT2D eigenvalue weighted by atomic mass is 79.9. The van der Waals surface area contributed by atoms with Crippen molar-refractivity contribution < 1.29 is 0 Å². The number of halogens is 1. The van der Waals surface area contributed by atoms with Gasteiger partial charge in [0, 0.05) is 6.07 Å². The fourth-order valence-electron chi connectivity index (χ4n) is 0.592. The topological polar surface area (TPSA) is 47.6 Å². The molecule has 0 heterocycles. The number of rotatable bonds is 0. The van der Waals surface area contributed by atoms with Gasteiger partial charge in [0.1, 0.15) is 12.1 Å². The lowest BCUT2D eigenvalue weighted by Gasteiger charge is -1.93. The van der Waals surface area contributed by atoms with Gasteiger partial charge < -0.3 is 0 Å². The molecule has 1 aromatic rings. The first kappa shape index (κ1) is 7.78. The van der Waals surface area contributed by atoms with E-state index in [1.807, 2.05) is 12.1 Å². The van der Waals surface area contributed by atoms with Crippen LogP contribution in [0.25, 0.3) is 0 Å². The number of benzene rings is 1. The molecule has 0 aromatic heterocycles. The van der Waals surface area contributed by atoms with Gasteiger partial charge in [-0.15, -0.1) is 0 Å². The van der Waals surface area contributed by atoms with Crippen LogP contribution < -0.4 is 0 Å². The second-order valence-electron chi connectivity index (χ2n) is 1.74. The van der Waals surface area contributed by atoms with Crippen molar-refractivity contribution in [2.75, 3.05) is 0 Å². The molecule has 0 unspecified atom stereocenters. The summed E-state index contributed by atoms with van der Waals surface area (Å²) in [6.07, 6.45) is 0. The molecular formula is C8HBrN2. The third kappa shape index (κ3) is 1.39. The Morgan fingerprint density at radius 3 is 2.64 bits per heavy atom. The van der Waals surface area contributed by atoms with Crippen LogP contribution in [0, 0.1) is 34.8 Å². The van der Waals surface area contributed by atoms with Gasteiger partial charge in [0.05, 0.1) is 15.6 Å². The quantitative estimate of drug-likeness (QED) is 0.648. The SMILES string of the molecule is N#Cc1[c][c]cc(C#N)c1Br. The summed E-state index contributed by atoms with van der Waals surface area (Å²) in [7, 11) is 0. The summed E-state index contributed by atoms with van der Waals surface area (Å²) in [6.45, 7) is 0. The summed E-state index contributed by atoms with van der Waals surface area (Å²) < 4.78 is 0.487. The standard InChI is InChI=1S/C8HBrN2/c9-8-6(4-10)2-1-3-7(8)5-11/h2H. The molecule has 0 aliphatic rings. The van der Waals surface area contributed by atoms with Crippen molar-refractivity contribution in [1.82, 2.24) is 0 Å². The molecule has 11 heavy (non-hydrogen) atoms. The fourth-order valence-corrected chi connectivity index (χ4v) is 0.983. The van der Waals surface area contributed by atoms with Crippen LogP contribution in [0.4, 0.5) is 0 Å². The molecule has 0 fully saturated rings. The van der Waals surface area contributed by atoms with Crippen LogP contribution >= 0.6 is 15.9 Å². The molecule has 0 N–H and O–H groups in total. The minimum absolute atomic E-state index is 0.309. The summed E-state index contributed by atoms with van der Waals surface area (Å²) >= 11 is 3.11. The van der Waals surface area contributed by atoms with Gasteiger partial charge in [-0.3, -0.25) is 0 Å². The zero-order chi connectivity index (χ0) is 8.27. The minimum Gasteiger partial charge on any atom is -0.192 e. The molecule has 0 saturated heterocycles. The predicted octanol–water partition coefficient (Wildman–Crippen LogP) is 1.79. The molecule has 0 saturated carbocycles. The highest BCUT2D eigenvalue weighted by Crippen LogP contribution is 2.19. The van der Waals surface area contributed by atoms with Crippen molar-refractivity contribution in [3.8, 4) is 12.1 Å². The first-order valence-electron chi connectivity index (χ1n) is 2.71. The normalized spacial score (nSPS) is 8.27. The average molecular weight is 205 g/mol. The van der Waals surface area contributed by atoms with Crippen molar-refractivity contribution >= 4 is 15.9 Å². The van der Waals surface area contributed by atoms with E-state index in [0.29, 0.717) is 15.6 Å². The molecule has 2 nitrogen and oxygen atoms in total. The molecule has 0 aliphatic heterocycles. The second-order valence-corrected chi connectivity index (χ2v) is 2.53. The summed E-state index contributed by atoms with van der Waals surface area (Å²) in [5.41, 5.74) is 0.712. The zero-order valence-corrected chi connectivity index (χ0v) is 6.94. The maximum absolute atomic E-state index is 8.52. The van der Waals surface area contributed by atoms with E-state index in [0.717, 1.165) is 0 Å². The van der Waals surface area contributed by atoms with Crippen LogP contribution in [-0.4, -0.2) is 0 Å². The highest BCUT2D eigenvalue weighted by molar-refractivity contribution is 9.10. The van der Waals surface area contributed by atoms with E-state index >= 15 is 0 Å². The van der Waals surface area contributed by atoms with Crippen molar-refractivity contribution in [1.29, 1.82) is 10.5 Å². The first-order chi connectivity index (χ1) is 5.29. The van der Waals surface area contributed by atoms with E-state index in [2.05, 4.69) is 28.1 Å². The third-order valence-corrected chi connectivity index (χ3v) is 1.93. The molecular weight excluding hydrogens is 204 g/mol. The zero-order valence-electron chi connectivity index (χ0n) is 5.35. The van der Waals surface area contributed by atoms with Crippen LogP contribution in [0.1, 0.15) is 11.1 Å². The van der Waals surface area contributed by atoms with Gasteiger partial charge in [0.25, 0.3) is 0 Å². The largest absolute Gasteiger partial charge is 0.192 e. The smallest absolute Gasteiger partial charge is 0.101 e. The van der Waals surface area contributed by atoms with Gasteiger partial charge in [-0.05, 0) is 28.1 Å². The Balaban J connectivity index is 3.38. The molecule has 0 aliphatic carbocycles. The van der Waals surface area contributed by atoms with Crippen LogP contribution in [-0.2, 0) is 0 Å². The van der Waals surface area contributed by atoms with Crippen molar-refractivity contribution in [2.24, 2.45) is 0 Å². The van der Waals surface area contributed by atoms with Gasteiger partial charge in [-0.2, -0.15) is 10.5 Å².